The van der Waals surface area contributed by atoms with Crippen molar-refractivity contribution in [3.05, 3.63) is 34.6 Å². The molecule has 16 heavy (non-hydrogen) atoms. The van der Waals surface area contributed by atoms with Gasteiger partial charge in [-0.2, -0.15) is 0 Å². The van der Waals surface area contributed by atoms with E-state index in [0.29, 0.717) is 0 Å². The van der Waals surface area contributed by atoms with Crippen LogP contribution in [0.15, 0.2) is 0 Å². The first-order valence-corrected chi connectivity index (χ1v) is 3.58. The molecule has 0 aromatic heterocycles. The quantitative estimate of drug-likeness (QED) is 0.281. The predicted molar refractivity (Wildman–Crippen MR) is 38.2 cm³/mol. The zero-order valence-electron chi connectivity index (χ0n) is 7.15. The standard InChI is InChI=1S/C8HF5O3/c9-2-1(7(14)8(15)16)3(10)5(12)6(13)4(2)11/h(H,15,16). The first-order valence-electron chi connectivity index (χ1n) is 3.58. The van der Waals surface area contributed by atoms with Crippen molar-refractivity contribution in [3.8, 4) is 0 Å². The van der Waals surface area contributed by atoms with Crippen LogP contribution in [0.1, 0.15) is 10.4 Å². The van der Waals surface area contributed by atoms with Gasteiger partial charge in [0.1, 0.15) is 5.56 Å². The minimum absolute atomic E-state index is 1.98. The van der Waals surface area contributed by atoms with Crippen molar-refractivity contribution in [1.29, 1.82) is 0 Å². The van der Waals surface area contributed by atoms with Crippen LogP contribution >= 0.6 is 0 Å². The molecule has 0 spiro atoms. The highest BCUT2D eigenvalue weighted by atomic mass is 19.2. The molecule has 0 unspecified atom stereocenters. The largest absolute Gasteiger partial charge is 0.475 e. The summed E-state index contributed by atoms with van der Waals surface area (Å²) in [5.41, 5.74) is -1.98. The summed E-state index contributed by atoms with van der Waals surface area (Å²) in [5.74, 6) is -16.7. The van der Waals surface area contributed by atoms with E-state index in [0.717, 1.165) is 0 Å². The third-order valence-corrected chi connectivity index (χ3v) is 1.63. The Morgan fingerprint density at radius 3 is 1.38 bits per heavy atom. The van der Waals surface area contributed by atoms with Crippen LogP contribution in [0.4, 0.5) is 22.0 Å². The van der Waals surface area contributed by atoms with E-state index in [2.05, 4.69) is 0 Å². The molecule has 0 saturated carbocycles. The average molecular weight is 240 g/mol. The number of rotatable bonds is 2. The van der Waals surface area contributed by atoms with Crippen LogP contribution in [0, 0.1) is 29.1 Å². The molecule has 8 heteroatoms. The number of Topliss-reactive ketones (excluding diaryl/α,β-unsaturated/α-hetero) is 1. The van der Waals surface area contributed by atoms with Crippen molar-refractivity contribution < 1.29 is 36.6 Å². The first kappa shape index (κ1) is 12.1. The summed E-state index contributed by atoms with van der Waals surface area (Å²) in [4.78, 5) is 20.8. The van der Waals surface area contributed by atoms with E-state index in [1.807, 2.05) is 0 Å². The number of benzene rings is 1. The Labute approximate surface area is 84.1 Å². The third-order valence-electron chi connectivity index (χ3n) is 1.63. The average Bonchev–Trinajstić information content (AvgIpc) is 2.23. The van der Waals surface area contributed by atoms with Gasteiger partial charge in [-0.05, 0) is 0 Å². The fourth-order valence-corrected chi connectivity index (χ4v) is 0.911. The molecule has 0 aliphatic carbocycles. The summed E-state index contributed by atoms with van der Waals surface area (Å²) >= 11 is 0. The molecule has 0 radical (unpaired) electrons. The molecule has 1 aromatic rings. The van der Waals surface area contributed by atoms with Crippen molar-refractivity contribution in [2.75, 3.05) is 0 Å². The number of carbonyl (C=O) groups is 2. The van der Waals surface area contributed by atoms with Gasteiger partial charge in [-0.25, -0.2) is 26.7 Å². The van der Waals surface area contributed by atoms with Crippen LogP contribution in [0.25, 0.3) is 0 Å². The smallest absolute Gasteiger partial charge is 0.377 e. The Balaban J connectivity index is 3.64. The fraction of sp³-hybridized carbons (Fsp3) is 0. The first-order chi connectivity index (χ1) is 7.29. The molecule has 0 saturated heterocycles. The van der Waals surface area contributed by atoms with Gasteiger partial charge in [0, 0.05) is 0 Å². The lowest BCUT2D eigenvalue weighted by atomic mass is 10.1. The van der Waals surface area contributed by atoms with Gasteiger partial charge in [0.15, 0.2) is 23.3 Å². The summed E-state index contributed by atoms with van der Waals surface area (Å²) in [6.07, 6.45) is 0. The zero-order chi connectivity index (χ0) is 12.6. The van der Waals surface area contributed by atoms with Crippen molar-refractivity contribution >= 4 is 11.8 Å². The summed E-state index contributed by atoms with van der Waals surface area (Å²) < 4.78 is 63.1. The minimum Gasteiger partial charge on any atom is -0.475 e. The topological polar surface area (TPSA) is 54.4 Å². The summed E-state index contributed by atoms with van der Waals surface area (Å²) in [6, 6.07) is 0. The van der Waals surface area contributed by atoms with Gasteiger partial charge in [-0.3, -0.25) is 4.79 Å². The van der Waals surface area contributed by atoms with E-state index in [1.54, 1.807) is 0 Å². The summed E-state index contributed by atoms with van der Waals surface area (Å²) in [6.45, 7) is 0. The Morgan fingerprint density at radius 1 is 0.750 bits per heavy atom. The molecule has 86 valence electrons. The van der Waals surface area contributed by atoms with Gasteiger partial charge in [0.05, 0.1) is 0 Å². The maximum atomic E-state index is 12.8. The van der Waals surface area contributed by atoms with Crippen LogP contribution < -0.4 is 0 Å². The lowest BCUT2D eigenvalue weighted by Crippen LogP contribution is -2.19. The van der Waals surface area contributed by atoms with Crippen LogP contribution in [0.5, 0.6) is 0 Å². The van der Waals surface area contributed by atoms with Crippen LogP contribution in [0.3, 0.4) is 0 Å². The molecule has 1 aromatic carbocycles. The molecule has 0 amide bonds. The molecule has 1 rings (SSSR count). The van der Waals surface area contributed by atoms with Gasteiger partial charge >= 0.3 is 5.97 Å². The molecular formula is C8HF5O3. The zero-order valence-corrected chi connectivity index (χ0v) is 7.15. The van der Waals surface area contributed by atoms with Crippen molar-refractivity contribution in [1.82, 2.24) is 0 Å². The van der Waals surface area contributed by atoms with E-state index in [-0.39, 0.29) is 0 Å². The van der Waals surface area contributed by atoms with Crippen molar-refractivity contribution in [2.24, 2.45) is 0 Å². The highest BCUT2D eigenvalue weighted by Crippen LogP contribution is 2.23. The summed E-state index contributed by atoms with van der Waals surface area (Å²) in [7, 11) is 0. The molecule has 0 heterocycles. The highest BCUT2D eigenvalue weighted by molar-refractivity contribution is 6.40. The Hall–Kier alpha value is -1.99. The number of carboxylic acids is 1. The molecule has 1 N–H and O–H groups in total. The Kier molecular flexibility index (Phi) is 2.92. The fourth-order valence-electron chi connectivity index (χ4n) is 0.911. The van der Waals surface area contributed by atoms with E-state index in [9.17, 15) is 31.5 Å². The molecule has 0 bridgehead atoms. The Morgan fingerprint density at radius 2 is 1.06 bits per heavy atom. The molecule has 0 atom stereocenters. The number of hydrogen-bond donors (Lipinski definition) is 1. The van der Waals surface area contributed by atoms with E-state index in [4.69, 9.17) is 5.11 Å². The van der Waals surface area contributed by atoms with Crippen LogP contribution in [-0.2, 0) is 4.79 Å². The lowest BCUT2D eigenvalue weighted by molar-refractivity contribution is -0.131. The van der Waals surface area contributed by atoms with E-state index < -0.39 is 46.4 Å². The molecule has 3 nitrogen and oxygen atoms in total. The monoisotopic (exact) mass is 240 g/mol. The number of hydrogen-bond acceptors (Lipinski definition) is 2. The highest BCUT2D eigenvalue weighted by Gasteiger charge is 2.32. The molecule has 0 aliphatic heterocycles. The minimum atomic E-state index is -2.46. The SMILES string of the molecule is O=C(O)C(=O)c1c(F)c(F)c(F)c(F)c1F. The van der Waals surface area contributed by atoms with Crippen molar-refractivity contribution in [3.63, 3.8) is 0 Å². The Bertz CT molecular complexity index is 468. The molecular weight excluding hydrogens is 239 g/mol. The third kappa shape index (κ3) is 1.62. The predicted octanol–water partition coefficient (Wildman–Crippen LogP) is 1.65. The molecule has 0 fully saturated rings. The van der Waals surface area contributed by atoms with E-state index in [1.165, 1.54) is 0 Å². The number of carbonyl (C=O) groups excluding carboxylic acids is 1. The number of halogens is 5. The van der Waals surface area contributed by atoms with Gasteiger partial charge in [0.25, 0.3) is 5.78 Å². The normalized spacial score (nSPS) is 10.3. The summed E-state index contributed by atoms with van der Waals surface area (Å²) in [5, 5.41) is 8.11. The van der Waals surface area contributed by atoms with Gasteiger partial charge in [-0.15, -0.1) is 0 Å². The second kappa shape index (κ2) is 3.87. The maximum Gasteiger partial charge on any atom is 0.377 e. The lowest BCUT2D eigenvalue weighted by Gasteiger charge is -2.04. The van der Waals surface area contributed by atoms with Gasteiger partial charge in [-0.1, -0.05) is 0 Å². The van der Waals surface area contributed by atoms with E-state index >= 15 is 0 Å². The number of aliphatic carboxylic acids is 1. The van der Waals surface area contributed by atoms with Gasteiger partial charge < -0.3 is 5.11 Å². The number of carboxylic acid groups (broad SMARTS) is 1. The van der Waals surface area contributed by atoms with Crippen LogP contribution in [-0.4, -0.2) is 16.9 Å². The van der Waals surface area contributed by atoms with Crippen molar-refractivity contribution in [2.45, 2.75) is 0 Å². The molecule has 0 aliphatic rings. The van der Waals surface area contributed by atoms with Crippen LogP contribution in [0.2, 0.25) is 0 Å². The second-order valence-electron chi connectivity index (χ2n) is 2.58. The second-order valence-corrected chi connectivity index (χ2v) is 2.58. The maximum absolute atomic E-state index is 12.8. The van der Waals surface area contributed by atoms with Gasteiger partial charge in [0.2, 0.25) is 5.82 Å². The number of ketones is 1.